The normalized spacial score (nSPS) is 11.3. The standard InChI is InChI=1S/C45H23N7O2/c46-24-35-42-41(49-39(25-47)48-35)34-23-31(19-21-37(34)54-42)30-18-20-36-33(22-30)40-32(12-7-13-38(40)53-36)45-51-43(28-10-5-2-6-11-28)50-44(52-45)29-16-14-27(15-17-29)26-8-3-1-4-9-26/h1-23H. The van der Waals surface area contributed by atoms with Crippen molar-refractivity contribution in [3.8, 4) is 68.6 Å². The van der Waals surface area contributed by atoms with Gasteiger partial charge in [-0.05, 0) is 52.6 Å². The van der Waals surface area contributed by atoms with Gasteiger partial charge in [-0.1, -0.05) is 109 Å². The third-order valence-electron chi connectivity index (χ3n) is 9.51. The molecule has 10 rings (SSSR count). The number of rotatable bonds is 5. The van der Waals surface area contributed by atoms with E-state index in [1.54, 1.807) is 0 Å². The van der Waals surface area contributed by atoms with E-state index in [-0.39, 0.29) is 17.1 Å². The van der Waals surface area contributed by atoms with Crippen LogP contribution in [-0.4, -0.2) is 24.9 Å². The number of benzene rings is 6. The Morgan fingerprint density at radius 2 is 1.00 bits per heavy atom. The van der Waals surface area contributed by atoms with Gasteiger partial charge in [0, 0.05) is 32.8 Å². The quantitative estimate of drug-likeness (QED) is 0.172. The molecule has 250 valence electrons. The van der Waals surface area contributed by atoms with Gasteiger partial charge < -0.3 is 8.83 Å². The van der Waals surface area contributed by atoms with Gasteiger partial charge in [-0.2, -0.15) is 10.5 Å². The highest BCUT2D eigenvalue weighted by atomic mass is 16.3. The Labute approximate surface area is 307 Å². The number of aromatic nitrogens is 5. The summed E-state index contributed by atoms with van der Waals surface area (Å²) in [5.74, 6) is 1.56. The minimum atomic E-state index is -0.0907. The van der Waals surface area contributed by atoms with Gasteiger partial charge in [-0.15, -0.1) is 0 Å². The zero-order chi connectivity index (χ0) is 36.2. The van der Waals surface area contributed by atoms with E-state index in [1.807, 2.05) is 121 Å². The topological polar surface area (TPSA) is 138 Å². The van der Waals surface area contributed by atoms with Gasteiger partial charge in [0.25, 0.3) is 0 Å². The van der Waals surface area contributed by atoms with E-state index in [0.717, 1.165) is 55.3 Å². The van der Waals surface area contributed by atoms with E-state index in [0.29, 0.717) is 39.5 Å². The summed E-state index contributed by atoms with van der Waals surface area (Å²) >= 11 is 0. The molecule has 0 unspecified atom stereocenters. The maximum absolute atomic E-state index is 9.65. The maximum Gasteiger partial charge on any atom is 0.234 e. The molecule has 0 aliphatic carbocycles. The SMILES string of the molecule is N#Cc1nc(C#N)c2oc3ccc(-c4ccc5oc6cccc(-c7nc(-c8ccccc8)nc(-c8ccc(-c9ccccc9)cc8)n7)c6c5c4)cc3c2n1. The Morgan fingerprint density at radius 3 is 1.69 bits per heavy atom. The second-order valence-electron chi connectivity index (χ2n) is 12.7. The van der Waals surface area contributed by atoms with Crippen LogP contribution < -0.4 is 0 Å². The number of furan rings is 2. The van der Waals surface area contributed by atoms with Crippen molar-refractivity contribution in [1.29, 1.82) is 10.5 Å². The summed E-state index contributed by atoms with van der Waals surface area (Å²) in [5.41, 5.74) is 9.28. The lowest BCUT2D eigenvalue weighted by Gasteiger charge is -2.10. The third-order valence-corrected chi connectivity index (χ3v) is 9.51. The Balaban J connectivity index is 1.13. The number of hydrogen-bond donors (Lipinski definition) is 0. The van der Waals surface area contributed by atoms with Gasteiger partial charge in [0.1, 0.15) is 34.4 Å². The van der Waals surface area contributed by atoms with Crippen molar-refractivity contribution >= 4 is 44.0 Å². The van der Waals surface area contributed by atoms with Crippen molar-refractivity contribution in [3.63, 3.8) is 0 Å². The molecular formula is C45H23N7O2. The third kappa shape index (κ3) is 5.12. The van der Waals surface area contributed by atoms with Crippen LogP contribution >= 0.6 is 0 Å². The molecule has 0 bridgehead atoms. The van der Waals surface area contributed by atoms with Crippen molar-refractivity contribution in [1.82, 2.24) is 24.9 Å². The Bertz CT molecular complexity index is 3170. The summed E-state index contributed by atoms with van der Waals surface area (Å²) in [6.07, 6.45) is 0. The fourth-order valence-electron chi connectivity index (χ4n) is 6.93. The molecule has 0 atom stereocenters. The summed E-state index contributed by atoms with van der Waals surface area (Å²) in [7, 11) is 0. The lowest BCUT2D eigenvalue weighted by molar-refractivity contribution is 0.663. The van der Waals surface area contributed by atoms with Crippen LogP contribution in [0.2, 0.25) is 0 Å². The van der Waals surface area contributed by atoms with E-state index >= 15 is 0 Å². The Hall–Kier alpha value is -8.01. The molecule has 0 saturated heterocycles. The number of nitrogens with zero attached hydrogens (tertiary/aromatic N) is 7. The number of fused-ring (bicyclic) bond motifs is 6. The first kappa shape index (κ1) is 30.8. The molecular weight excluding hydrogens is 671 g/mol. The molecule has 9 nitrogen and oxygen atoms in total. The summed E-state index contributed by atoms with van der Waals surface area (Å²) in [6.45, 7) is 0. The maximum atomic E-state index is 9.65. The molecule has 10 aromatic rings. The van der Waals surface area contributed by atoms with Gasteiger partial charge >= 0.3 is 0 Å². The van der Waals surface area contributed by atoms with Crippen LogP contribution in [-0.2, 0) is 0 Å². The molecule has 0 N–H and O–H groups in total. The predicted molar refractivity (Wildman–Crippen MR) is 207 cm³/mol. The minimum absolute atomic E-state index is 0.0224. The smallest absolute Gasteiger partial charge is 0.234 e. The molecule has 0 amide bonds. The van der Waals surface area contributed by atoms with Crippen molar-refractivity contribution in [2.45, 2.75) is 0 Å². The van der Waals surface area contributed by atoms with E-state index < -0.39 is 0 Å². The van der Waals surface area contributed by atoms with E-state index in [2.05, 4.69) is 40.3 Å². The van der Waals surface area contributed by atoms with E-state index in [1.165, 1.54) is 0 Å². The molecule has 0 spiro atoms. The van der Waals surface area contributed by atoms with E-state index in [9.17, 15) is 10.5 Å². The second-order valence-corrected chi connectivity index (χ2v) is 12.7. The van der Waals surface area contributed by atoms with Gasteiger partial charge in [0.05, 0.1) is 0 Å². The lowest BCUT2D eigenvalue weighted by Crippen LogP contribution is -2.00. The van der Waals surface area contributed by atoms with Crippen LogP contribution in [0, 0.1) is 22.7 Å². The van der Waals surface area contributed by atoms with Crippen LogP contribution in [0.25, 0.3) is 100 Å². The van der Waals surface area contributed by atoms with Crippen molar-refractivity contribution in [2.75, 3.05) is 0 Å². The summed E-state index contributed by atoms with van der Waals surface area (Å²) in [6, 6.07) is 50.1. The van der Waals surface area contributed by atoms with Crippen LogP contribution in [0.15, 0.2) is 148 Å². The zero-order valence-electron chi connectivity index (χ0n) is 28.2. The molecule has 6 aromatic carbocycles. The highest BCUT2D eigenvalue weighted by Gasteiger charge is 2.20. The molecule has 54 heavy (non-hydrogen) atoms. The zero-order valence-corrected chi connectivity index (χ0v) is 28.2. The first-order valence-corrected chi connectivity index (χ1v) is 17.1. The highest BCUT2D eigenvalue weighted by molar-refractivity contribution is 6.13. The van der Waals surface area contributed by atoms with Gasteiger partial charge in [-0.25, -0.2) is 24.9 Å². The molecule has 0 aliphatic rings. The summed E-state index contributed by atoms with van der Waals surface area (Å²) < 4.78 is 12.4. The molecule has 0 aliphatic heterocycles. The highest BCUT2D eigenvalue weighted by Crippen LogP contribution is 2.39. The predicted octanol–water partition coefficient (Wildman–Crippen LogP) is 10.5. The Kier molecular flexibility index (Phi) is 7.04. The first-order chi connectivity index (χ1) is 26.6. The molecule has 9 heteroatoms. The van der Waals surface area contributed by atoms with Gasteiger partial charge in [0.2, 0.25) is 5.82 Å². The van der Waals surface area contributed by atoms with Gasteiger partial charge in [-0.3, -0.25) is 0 Å². The second kappa shape index (κ2) is 12.3. The lowest BCUT2D eigenvalue weighted by atomic mass is 9.99. The van der Waals surface area contributed by atoms with Crippen LogP contribution in [0.4, 0.5) is 0 Å². The molecule has 0 fully saturated rings. The van der Waals surface area contributed by atoms with Crippen LogP contribution in [0.1, 0.15) is 11.5 Å². The van der Waals surface area contributed by atoms with Crippen LogP contribution in [0.5, 0.6) is 0 Å². The largest absolute Gasteiger partial charge is 0.456 e. The molecule has 4 aromatic heterocycles. The fourth-order valence-corrected chi connectivity index (χ4v) is 6.93. The van der Waals surface area contributed by atoms with Crippen molar-refractivity contribution < 1.29 is 8.83 Å². The first-order valence-electron chi connectivity index (χ1n) is 17.1. The average Bonchev–Trinajstić information content (AvgIpc) is 3.81. The summed E-state index contributed by atoms with van der Waals surface area (Å²) in [4.78, 5) is 23.4. The average molecular weight is 694 g/mol. The minimum Gasteiger partial charge on any atom is -0.456 e. The van der Waals surface area contributed by atoms with E-state index in [4.69, 9.17) is 23.8 Å². The van der Waals surface area contributed by atoms with Crippen LogP contribution in [0.3, 0.4) is 0 Å². The van der Waals surface area contributed by atoms with Gasteiger partial charge in [0.15, 0.2) is 28.8 Å². The summed E-state index contributed by atoms with van der Waals surface area (Å²) in [5, 5.41) is 21.6. The monoisotopic (exact) mass is 693 g/mol. The van der Waals surface area contributed by atoms with Crippen molar-refractivity contribution in [2.24, 2.45) is 0 Å². The molecule has 4 heterocycles. The number of hydrogen-bond acceptors (Lipinski definition) is 9. The molecule has 0 radical (unpaired) electrons. The number of nitriles is 2. The molecule has 0 saturated carbocycles. The fraction of sp³-hybridized carbons (Fsp3) is 0. The van der Waals surface area contributed by atoms with Crippen molar-refractivity contribution in [3.05, 3.63) is 151 Å². The Morgan fingerprint density at radius 1 is 0.426 bits per heavy atom.